The van der Waals surface area contributed by atoms with Crippen LogP contribution < -0.4 is 4.74 Å². The van der Waals surface area contributed by atoms with Crippen LogP contribution in [-0.2, 0) is 6.54 Å². The summed E-state index contributed by atoms with van der Waals surface area (Å²) in [5.74, 6) is 0.950. The number of hydrogen-bond donors (Lipinski definition) is 0. The van der Waals surface area contributed by atoms with Crippen LogP contribution in [0.5, 0.6) is 5.75 Å². The third-order valence-corrected chi connectivity index (χ3v) is 6.74. The van der Waals surface area contributed by atoms with Crippen LogP contribution >= 0.6 is 0 Å². The summed E-state index contributed by atoms with van der Waals surface area (Å²) in [6, 6.07) is 15.5. The highest BCUT2D eigenvalue weighted by Crippen LogP contribution is 2.56. The summed E-state index contributed by atoms with van der Waals surface area (Å²) in [6.45, 7) is 7.24. The van der Waals surface area contributed by atoms with E-state index in [1.165, 1.54) is 41.9 Å². The van der Waals surface area contributed by atoms with Crippen LogP contribution in [0.4, 0.5) is 4.39 Å². The molecule has 0 atom stereocenters. The van der Waals surface area contributed by atoms with E-state index in [1.807, 2.05) is 6.07 Å². The number of para-hydroxylation sites is 1. The Labute approximate surface area is 177 Å². The fraction of sp³-hybridized carbons (Fsp3) is 0.400. The van der Waals surface area contributed by atoms with E-state index in [1.54, 1.807) is 7.11 Å². The van der Waals surface area contributed by atoms with E-state index in [0.29, 0.717) is 17.1 Å². The molecule has 1 spiro atoms. The molecule has 0 radical (unpaired) electrons. The summed E-state index contributed by atoms with van der Waals surface area (Å²) in [5, 5.41) is 4.79. The zero-order chi connectivity index (χ0) is 20.9. The monoisotopic (exact) mass is 405 g/mol. The molecule has 2 aromatic carbocycles. The van der Waals surface area contributed by atoms with Gasteiger partial charge in [0.25, 0.3) is 0 Å². The highest BCUT2D eigenvalue weighted by atomic mass is 19.1. The molecule has 1 saturated carbocycles. The summed E-state index contributed by atoms with van der Waals surface area (Å²) in [4.78, 5) is 2.44. The van der Waals surface area contributed by atoms with Gasteiger partial charge in [-0.15, -0.1) is 0 Å². The second-order valence-corrected chi connectivity index (χ2v) is 9.12. The molecule has 1 aromatic heterocycles. The van der Waals surface area contributed by atoms with E-state index in [9.17, 15) is 4.39 Å². The Morgan fingerprint density at radius 1 is 1.10 bits per heavy atom. The van der Waals surface area contributed by atoms with Gasteiger partial charge in [-0.3, -0.25) is 4.90 Å². The first kappa shape index (κ1) is 19.3. The Kier molecular flexibility index (Phi) is 4.66. The maximum atomic E-state index is 13.4. The van der Waals surface area contributed by atoms with Crippen molar-refractivity contribution in [3.8, 4) is 11.4 Å². The lowest BCUT2D eigenvalue weighted by molar-refractivity contribution is -0.0789. The number of aromatic nitrogens is 2. The summed E-state index contributed by atoms with van der Waals surface area (Å²) < 4.78 is 20.9. The number of hydrogen-bond acceptors (Lipinski definition) is 3. The van der Waals surface area contributed by atoms with Crippen molar-refractivity contribution in [2.75, 3.05) is 20.2 Å². The van der Waals surface area contributed by atoms with Gasteiger partial charge in [-0.2, -0.15) is 5.10 Å². The minimum Gasteiger partial charge on any atom is -0.496 e. The third-order valence-electron chi connectivity index (χ3n) is 6.74. The van der Waals surface area contributed by atoms with Crippen LogP contribution in [0.3, 0.4) is 0 Å². The van der Waals surface area contributed by atoms with Crippen LogP contribution in [0.1, 0.15) is 41.3 Å². The van der Waals surface area contributed by atoms with E-state index < -0.39 is 0 Å². The molecule has 2 aliphatic rings. The molecule has 0 N–H and O–H groups in total. The summed E-state index contributed by atoms with van der Waals surface area (Å²) >= 11 is 0. The van der Waals surface area contributed by atoms with E-state index in [-0.39, 0.29) is 5.82 Å². The number of aryl methyl sites for hydroxylation is 2. The van der Waals surface area contributed by atoms with Crippen molar-refractivity contribution < 1.29 is 9.13 Å². The van der Waals surface area contributed by atoms with Crippen molar-refractivity contribution >= 4 is 0 Å². The maximum Gasteiger partial charge on any atom is 0.126 e. The first-order valence-electron chi connectivity index (χ1n) is 10.6. The van der Waals surface area contributed by atoms with Gasteiger partial charge in [0.1, 0.15) is 11.6 Å². The van der Waals surface area contributed by atoms with E-state index in [4.69, 9.17) is 9.84 Å². The van der Waals surface area contributed by atoms with Crippen molar-refractivity contribution in [1.82, 2.24) is 14.7 Å². The number of methoxy groups -OCH3 is 1. The zero-order valence-corrected chi connectivity index (χ0v) is 17.9. The first-order chi connectivity index (χ1) is 14.5. The van der Waals surface area contributed by atoms with Gasteiger partial charge in [0.05, 0.1) is 18.5 Å². The lowest BCUT2D eigenvalue weighted by atomic mass is 9.57. The smallest absolute Gasteiger partial charge is 0.126 e. The molecule has 1 aliphatic heterocycles. The van der Waals surface area contributed by atoms with E-state index in [0.717, 1.165) is 30.9 Å². The molecule has 30 heavy (non-hydrogen) atoms. The average Bonchev–Trinajstić information content (AvgIpc) is 3.04. The van der Waals surface area contributed by atoms with Crippen molar-refractivity contribution in [2.45, 2.75) is 39.2 Å². The Bertz CT molecular complexity index is 1080. The molecule has 4 nitrogen and oxygen atoms in total. The quantitative estimate of drug-likeness (QED) is 0.597. The van der Waals surface area contributed by atoms with Crippen molar-refractivity contribution in [2.24, 2.45) is 5.41 Å². The lowest BCUT2D eigenvalue weighted by Crippen LogP contribution is -2.61. The largest absolute Gasteiger partial charge is 0.496 e. The second-order valence-electron chi connectivity index (χ2n) is 9.12. The molecule has 5 heteroatoms. The number of nitrogens with zero attached hydrogens (tertiary/aromatic N) is 3. The molecule has 1 aliphatic carbocycles. The van der Waals surface area contributed by atoms with Crippen LogP contribution in [0.25, 0.3) is 5.69 Å². The van der Waals surface area contributed by atoms with Crippen LogP contribution in [0.15, 0.2) is 48.5 Å². The minimum absolute atomic E-state index is 0.252. The minimum atomic E-state index is -0.252. The van der Waals surface area contributed by atoms with Gasteiger partial charge in [0.2, 0.25) is 0 Å². The third kappa shape index (κ3) is 3.31. The van der Waals surface area contributed by atoms with Gasteiger partial charge in [0, 0.05) is 42.9 Å². The van der Waals surface area contributed by atoms with Crippen molar-refractivity contribution in [1.29, 1.82) is 0 Å². The molecule has 156 valence electrons. The highest BCUT2D eigenvalue weighted by Gasteiger charge is 2.53. The van der Waals surface area contributed by atoms with Crippen LogP contribution in [0.2, 0.25) is 0 Å². The summed E-state index contributed by atoms with van der Waals surface area (Å²) in [5.41, 5.74) is 6.32. The number of benzene rings is 2. The molecule has 5 rings (SSSR count). The lowest BCUT2D eigenvalue weighted by Gasteiger charge is -2.59. The standard InChI is InChI=1S/C25H28FN3O/c1-17-6-4-5-7-22(17)29-23(10-18(2)27-29)20-12-25(13-20)15-28(16-25)14-19-8-9-21(26)11-24(19)30-3/h4-11,20H,12-16H2,1-3H3. The molecule has 0 unspecified atom stereocenters. The number of halogens is 1. The van der Waals surface area contributed by atoms with E-state index in [2.05, 4.69) is 53.8 Å². The van der Waals surface area contributed by atoms with Gasteiger partial charge in [-0.25, -0.2) is 9.07 Å². The van der Waals surface area contributed by atoms with Gasteiger partial charge >= 0.3 is 0 Å². The molecule has 0 amide bonds. The molecule has 2 heterocycles. The zero-order valence-electron chi connectivity index (χ0n) is 17.9. The second kappa shape index (κ2) is 7.24. The normalized spacial score (nSPS) is 18.3. The molecule has 0 bridgehead atoms. The van der Waals surface area contributed by atoms with Crippen molar-refractivity contribution in [3.63, 3.8) is 0 Å². The first-order valence-corrected chi connectivity index (χ1v) is 10.6. The Balaban J connectivity index is 1.25. The predicted octanol–water partition coefficient (Wildman–Crippen LogP) is 5.02. The van der Waals surface area contributed by atoms with Gasteiger partial charge in [-0.1, -0.05) is 24.3 Å². The number of ether oxygens (including phenoxy) is 1. The SMILES string of the molecule is COc1cc(F)ccc1CN1CC2(CC(c3cc(C)nn3-c3ccccc3C)C2)C1. The fourth-order valence-corrected chi connectivity index (χ4v) is 5.36. The van der Waals surface area contributed by atoms with Crippen LogP contribution in [0, 0.1) is 25.1 Å². The maximum absolute atomic E-state index is 13.4. The molecule has 3 aromatic rings. The Morgan fingerprint density at radius 2 is 1.87 bits per heavy atom. The van der Waals surface area contributed by atoms with Crippen molar-refractivity contribution in [3.05, 3.63) is 76.9 Å². The van der Waals surface area contributed by atoms with Gasteiger partial charge in [0.15, 0.2) is 0 Å². The highest BCUT2D eigenvalue weighted by molar-refractivity contribution is 5.42. The predicted molar refractivity (Wildman–Crippen MR) is 116 cm³/mol. The average molecular weight is 406 g/mol. The van der Waals surface area contributed by atoms with E-state index >= 15 is 0 Å². The van der Waals surface area contributed by atoms with Gasteiger partial charge in [-0.05, 0) is 55.9 Å². The number of likely N-dealkylation sites (tertiary alicyclic amines) is 1. The topological polar surface area (TPSA) is 30.3 Å². The summed E-state index contributed by atoms with van der Waals surface area (Å²) in [7, 11) is 1.60. The molecular formula is C25H28FN3O. The Morgan fingerprint density at radius 3 is 2.60 bits per heavy atom. The number of rotatable bonds is 5. The molecular weight excluding hydrogens is 377 g/mol. The van der Waals surface area contributed by atoms with Crippen LogP contribution in [-0.4, -0.2) is 34.9 Å². The Hall–Kier alpha value is -2.66. The summed E-state index contributed by atoms with van der Waals surface area (Å²) in [6.07, 6.45) is 2.42. The molecule has 1 saturated heterocycles. The fourth-order valence-electron chi connectivity index (χ4n) is 5.36. The molecule has 2 fully saturated rings. The van der Waals surface area contributed by atoms with Gasteiger partial charge < -0.3 is 4.74 Å².